The second kappa shape index (κ2) is 8.07. The number of carbonyl (C=O) groups excluding carboxylic acids is 1. The summed E-state index contributed by atoms with van der Waals surface area (Å²) in [4.78, 5) is 11.2. The number of hydrogen-bond donors (Lipinski definition) is 0. The molecule has 2 saturated carbocycles. The van der Waals surface area contributed by atoms with Crippen LogP contribution in [0.15, 0.2) is 0 Å². The highest BCUT2D eigenvalue weighted by atomic mass is 16.1. The highest BCUT2D eigenvalue weighted by molar-refractivity contribution is 5.78. The topological polar surface area (TPSA) is 17.1 Å². The minimum absolute atomic E-state index is 0.504. The van der Waals surface area contributed by atoms with E-state index in [9.17, 15) is 4.79 Å². The van der Waals surface area contributed by atoms with Gasteiger partial charge in [-0.1, -0.05) is 64.7 Å². The highest BCUT2D eigenvalue weighted by Crippen LogP contribution is 2.34. The molecule has 110 valence electrons. The summed E-state index contributed by atoms with van der Waals surface area (Å²) in [5.41, 5.74) is 0. The summed E-state index contributed by atoms with van der Waals surface area (Å²) in [7, 11) is 0. The number of Topliss-reactive ketones (excluding diaryl/α,β-unsaturated/α-hetero) is 1. The van der Waals surface area contributed by atoms with Crippen LogP contribution in [0.2, 0.25) is 0 Å². The van der Waals surface area contributed by atoms with E-state index >= 15 is 0 Å². The minimum Gasteiger partial charge on any atom is -0.300 e. The van der Waals surface area contributed by atoms with Gasteiger partial charge in [0, 0.05) is 12.8 Å². The summed E-state index contributed by atoms with van der Waals surface area (Å²) in [5, 5.41) is 0. The molecule has 0 spiro atoms. The first-order valence-electron chi connectivity index (χ1n) is 8.79. The molecular weight excluding hydrogens is 232 g/mol. The van der Waals surface area contributed by atoms with Gasteiger partial charge < -0.3 is 0 Å². The van der Waals surface area contributed by atoms with Gasteiger partial charge in [0.25, 0.3) is 0 Å². The molecule has 2 aliphatic carbocycles. The number of hydrogen-bond acceptors (Lipinski definition) is 1. The van der Waals surface area contributed by atoms with Gasteiger partial charge in [-0.3, -0.25) is 4.79 Å². The Morgan fingerprint density at radius 3 is 1.79 bits per heavy atom. The second-order valence-electron chi connectivity index (χ2n) is 7.06. The number of ketones is 1. The Morgan fingerprint density at radius 2 is 1.26 bits per heavy atom. The average molecular weight is 264 g/mol. The van der Waals surface area contributed by atoms with Gasteiger partial charge in [-0.05, 0) is 30.6 Å². The molecule has 0 unspecified atom stereocenters. The zero-order valence-electron chi connectivity index (χ0n) is 12.8. The molecule has 0 heterocycles. The Kier molecular flexibility index (Phi) is 6.40. The van der Waals surface area contributed by atoms with Gasteiger partial charge in [-0.15, -0.1) is 0 Å². The van der Waals surface area contributed by atoms with Crippen LogP contribution in [-0.4, -0.2) is 5.78 Å². The van der Waals surface area contributed by atoms with Crippen LogP contribution in [0.5, 0.6) is 0 Å². The number of rotatable bonds is 6. The normalized spacial score (nSPS) is 29.6. The summed E-state index contributed by atoms with van der Waals surface area (Å²) in [5.74, 6) is 3.45. The summed E-state index contributed by atoms with van der Waals surface area (Å²) >= 11 is 0. The van der Waals surface area contributed by atoms with Crippen LogP contribution in [0.3, 0.4) is 0 Å². The van der Waals surface area contributed by atoms with E-state index in [4.69, 9.17) is 0 Å². The Labute approximate surface area is 119 Å². The fourth-order valence-electron chi connectivity index (χ4n) is 4.08. The van der Waals surface area contributed by atoms with E-state index in [1.54, 1.807) is 0 Å². The average Bonchev–Trinajstić information content (AvgIpc) is 2.46. The summed E-state index contributed by atoms with van der Waals surface area (Å²) < 4.78 is 0. The first-order valence-corrected chi connectivity index (χ1v) is 8.79. The third-order valence-electron chi connectivity index (χ3n) is 5.68. The molecule has 2 fully saturated rings. The lowest BCUT2D eigenvalue weighted by atomic mass is 9.78. The van der Waals surface area contributed by atoms with E-state index in [-0.39, 0.29) is 0 Å². The van der Waals surface area contributed by atoms with Crippen molar-refractivity contribution in [1.82, 2.24) is 0 Å². The molecule has 0 amide bonds. The molecule has 1 heteroatoms. The van der Waals surface area contributed by atoms with E-state index < -0.39 is 0 Å². The molecule has 19 heavy (non-hydrogen) atoms. The molecule has 0 aromatic carbocycles. The molecular formula is C18H32O. The molecule has 0 aromatic heterocycles. The van der Waals surface area contributed by atoms with Gasteiger partial charge in [0.1, 0.15) is 5.78 Å². The van der Waals surface area contributed by atoms with Crippen molar-refractivity contribution in [3.63, 3.8) is 0 Å². The molecule has 2 aliphatic rings. The van der Waals surface area contributed by atoms with Crippen molar-refractivity contribution in [3.8, 4) is 0 Å². The van der Waals surface area contributed by atoms with Crippen molar-refractivity contribution in [3.05, 3.63) is 0 Å². The quantitative estimate of drug-likeness (QED) is 0.577. The van der Waals surface area contributed by atoms with Crippen molar-refractivity contribution >= 4 is 5.78 Å². The first-order chi connectivity index (χ1) is 9.28. The number of unbranched alkanes of at least 4 members (excludes halogenated alkanes) is 1. The zero-order chi connectivity index (χ0) is 13.5. The van der Waals surface area contributed by atoms with Gasteiger partial charge in [-0.25, -0.2) is 0 Å². The van der Waals surface area contributed by atoms with Crippen molar-refractivity contribution in [2.24, 2.45) is 17.8 Å². The Morgan fingerprint density at radius 1 is 0.789 bits per heavy atom. The highest BCUT2D eigenvalue weighted by Gasteiger charge is 2.20. The van der Waals surface area contributed by atoms with Crippen LogP contribution in [0.25, 0.3) is 0 Å². The van der Waals surface area contributed by atoms with Gasteiger partial charge in [0.15, 0.2) is 0 Å². The van der Waals surface area contributed by atoms with Crippen LogP contribution >= 0.6 is 0 Å². The molecule has 0 saturated heterocycles. The van der Waals surface area contributed by atoms with Crippen molar-refractivity contribution in [2.75, 3.05) is 0 Å². The maximum atomic E-state index is 11.2. The lowest BCUT2D eigenvalue weighted by molar-refractivity contribution is -0.121. The Hall–Kier alpha value is -0.330. The minimum atomic E-state index is 0.504. The predicted molar refractivity (Wildman–Crippen MR) is 81.2 cm³/mol. The van der Waals surface area contributed by atoms with E-state index in [1.165, 1.54) is 70.6 Å². The van der Waals surface area contributed by atoms with Gasteiger partial charge in [0.2, 0.25) is 0 Å². The molecule has 0 bridgehead atoms. The lowest BCUT2D eigenvalue weighted by Gasteiger charge is -2.28. The second-order valence-corrected chi connectivity index (χ2v) is 7.06. The van der Waals surface area contributed by atoms with Crippen LogP contribution in [0, 0.1) is 17.8 Å². The fourth-order valence-corrected chi connectivity index (χ4v) is 4.08. The number of carbonyl (C=O) groups is 1. The molecule has 1 nitrogen and oxygen atoms in total. The van der Waals surface area contributed by atoms with Crippen molar-refractivity contribution in [1.29, 1.82) is 0 Å². The summed E-state index contributed by atoms with van der Waals surface area (Å²) in [6, 6.07) is 0. The third-order valence-corrected chi connectivity index (χ3v) is 5.68. The van der Waals surface area contributed by atoms with Gasteiger partial charge in [0.05, 0.1) is 0 Å². The maximum absolute atomic E-state index is 11.2. The standard InChI is InChI=1S/C18H32O/c1-2-15-7-9-16(10-8-15)5-3-4-6-17-11-13-18(19)14-12-17/h15-17H,2-14H2,1H3/t15-,16-. The van der Waals surface area contributed by atoms with Gasteiger partial charge in [-0.2, -0.15) is 0 Å². The molecule has 2 rings (SSSR count). The van der Waals surface area contributed by atoms with Crippen LogP contribution in [-0.2, 0) is 4.79 Å². The molecule has 0 atom stereocenters. The molecule has 0 aliphatic heterocycles. The van der Waals surface area contributed by atoms with Gasteiger partial charge >= 0.3 is 0 Å². The SMILES string of the molecule is CC[C@H]1CC[C@H](CCCCC2CCC(=O)CC2)CC1. The zero-order valence-corrected chi connectivity index (χ0v) is 12.8. The van der Waals surface area contributed by atoms with E-state index in [2.05, 4.69) is 6.92 Å². The van der Waals surface area contributed by atoms with E-state index in [1.807, 2.05) is 0 Å². The summed E-state index contributed by atoms with van der Waals surface area (Å²) in [6.07, 6.45) is 17.2. The lowest BCUT2D eigenvalue weighted by Crippen LogP contribution is -2.15. The first kappa shape index (κ1) is 15.1. The monoisotopic (exact) mass is 264 g/mol. The Balaban J connectivity index is 1.49. The third kappa shape index (κ3) is 5.28. The molecule has 0 N–H and O–H groups in total. The van der Waals surface area contributed by atoms with Crippen molar-refractivity contribution < 1.29 is 4.79 Å². The summed E-state index contributed by atoms with van der Waals surface area (Å²) in [6.45, 7) is 2.35. The predicted octanol–water partition coefficient (Wildman–Crippen LogP) is 5.52. The maximum Gasteiger partial charge on any atom is 0.132 e. The van der Waals surface area contributed by atoms with E-state index in [0.717, 1.165) is 30.6 Å². The molecule has 0 radical (unpaired) electrons. The fraction of sp³-hybridized carbons (Fsp3) is 0.944. The Bertz CT molecular complexity index is 253. The molecule has 0 aromatic rings. The van der Waals surface area contributed by atoms with E-state index in [0.29, 0.717) is 5.78 Å². The van der Waals surface area contributed by atoms with Crippen LogP contribution in [0.1, 0.15) is 90.4 Å². The van der Waals surface area contributed by atoms with Crippen LogP contribution in [0.4, 0.5) is 0 Å². The smallest absolute Gasteiger partial charge is 0.132 e. The largest absolute Gasteiger partial charge is 0.300 e. The van der Waals surface area contributed by atoms with Crippen LogP contribution < -0.4 is 0 Å². The van der Waals surface area contributed by atoms with Crippen molar-refractivity contribution in [2.45, 2.75) is 90.4 Å².